The first-order valence-corrected chi connectivity index (χ1v) is 10.3. The zero-order chi connectivity index (χ0) is 22.5. The van der Waals surface area contributed by atoms with E-state index in [-0.39, 0.29) is 11.6 Å². The summed E-state index contributed by atoms with van der Waals surface area (Å²) >= 11 is 6.43. The molecule has 4 rings (SSSR count). The Hall–Kier alpha value is -3.62. The van der Waals surface area contributed by atoms with Gasteiger partial charge in [-0.1, -0.05) is 11.6 Å². The Labute approximate surface area is 189 Å². The van der Waals surface area contributed by atoms with Crippen molar-refractivity contribution >= 4 is 34.6 Å². The first-order valence-electron chi connectivity index (χ1n) is 9.95. The molecule has 1 aliphatic rings. The van der Waals surface area contributed by atoms with Gasteiger partial charge in [-0.25, -0.2) is 0 Å². The molecule has 1 N–H and O–H groups in total. The van der Waals surface area contributed by atoms with Gasteiger partial charge in [-0.3, -0.25) is 14.9 Å². The molecular weight excluding hydrogens is 434 g/mol. The predicted octanol–water partition coefficient (Wildman–Crippen LogP) is 5.13. The Kier molecular flexibility index (Phi) is 6.53. The largest absolute Gasteiger partial charge is 0.457 e. The van der Waals surface area contributed by atoms with Crippen molar-refractivity contribution in [2.75, 3.05) is 36.5 Å². The zero-order valence-electron chi connectivity index (χ0n) is 17.0. The van der Waals surface area contributed by atoms with Gasteiger partial charge in [0.2, 0.25) is 0 Å². The van der Waals surface area contributed by atoms with Crippen molar-refractivity contribution in [1.29, 1.82) is 0 Å². The number of nitrogens with one attached hydrogen (secondary N) is 1. The first kappa shape index (κ1) is 21.6. The van der Waals surface area contributed by atoms with Gasteiger partial charge in [-0.2, -0.15) is 0 Å². The summed E-state index contributed by atoms with van der Waals surface area (Å²) in [5, 5.41) is 14.1. The Morgan fingerprint density at radius 2 is 1.62 bits per heavy atom. The second-order valence-electron chi connectivity index (χ2n) is 7.10. The van der Waals surface area contributed by atoms with Gasteiger partial charge in [0.15, 0.2) is 0 Å². The molecule has 0 aliphatic carbocycles. The summed E-state index contributed by atoms with van der Waals surface area (Å²) in [6, 6.07) is 17.8. The van der Waals surface area contributed by atoms with Crippen LogP contribution in [0.2, 0.25) is 5.02 Å². The van der Waals surface area contributed by atoms with E-state index in [4.69, 9.17) is 21.1 Å². The molecule has 3 aromatic carbocycles. The summed E-state index contributed by atoms with van der Waals surface area (Å²) in [5.74, 6) is 0.693. The van der Waals surface area contributed by atoms with Gasteiger partial charge < -0.3 is 19.7 Å². The molecule has 0 unspecified atom stereocenters. The zero-order valence-corrected chi connectivity index (χ0v) is 17.7. The van der Waals surface area contributed by atoms with E-state index in [0.29, 0.717) is 41.0 Å². The number of nitro groups is 1. The molecule has 1 heterocycles. The summed E-state index contributed by atoms with van der Waals surface area (Å²) in [7, 11) is 0. The molecule has 9 heteroatoms. The normalized spacial score (nSPS) is 13.5. The van der Waals surface area contributed by atoms with Gasteiger partial charge in [-0.15, -0.1) is 0 Å². The summed E-state index contributed by atoms with van der Waals surface area (Å²) in [6.45, 7) is 2.89. The minimum atomic E-state index is -0.472. The van der Waals surface area contributed by atoms with Crippen molar-refractivity contribution in [2.24, 2.45) is 0 Å². The quantitative estimate of drug-likeness (QED) is 0.410. The standard InChI is InChI=1S/C23H20ClN3O5/c24-21-15-17(3-10-22(21)26-11-13-31-14-12-26)25-23(28)16-1-6-19(7-2-16)32-20-8-4-18(5-9-20)27(29)30/h1-10,15H,11-14H2,(H,25,28). The van der Waals surface area contributed by atoms with Crippen molar-refractivity contribution in [3.8, 4) is 11.5 Å². The summed E-state index contributed by atoms with van der Waals surface area (Å²) in [5.41, 5.74) is 1.96. The fraction of sp³-hybridized carbons (Fsp3) is 0.174. The highest BCUT2D eigenvalue weighted by atomic mass is 35.5. The van der Waals surface area contributed by atoms with Gasteiger partial charge in [0.25, 0.3) is 11.6 Å². The average molecular weight is 454 g/mol. The van der Waals surface area contributed by atoms with Crippen LogP contribution in [0.3, 0.4) is 0 Å². The molecule has 32 heavy (non-hydrogen) atoms. The van der Waals surface area contributed by atoms with E-state index in [1.165, 1.54) is 24.3 Å². The number of benzene rings is 3. The van der Waals surface area contributed by atoms with Crippen LogP contribution >= 0.6 is 11.6 Å². The molecule has 0 aromatic heterocycles. The number of rotatable bonds is 6. The average Bonchev–Trinajstić information content (AvgIpc) is 2.80. The Balaban J connectivity index is 1.38. The van der Waals surface area contributed by atoms with E-state index in [2.05, 4.69) is 10.2 Å². The summed E-state index contributed by atoms with van der Waals surface area (Å²) < 4.78 is 11.0. The maximum atomic E-state index is 12.6. The van der Waals surface area contributed by atoms with Crippen molar-refractivity contribution in [3.63, 3.8) is 0 Å². The fourth-order valence-corrected chi connectivity index (χ4v) is 3.60. The van der Waals surface area contributed by atoms with Crippen LogP contribution in [0.15, 0.2) is 66.7 Å². The van der Waals surface area contributed by atoms with Gasteiger partial charge in [-0.05, 0) is 54.6 Å². The Morgan fingerprint density at radius 3 is 2.22 bits per heavy atom. The number of amides is 1. The fourth-order valence-electron chi connectivity index (χ4n) is 3.29. The minimum absolute atomic E-state index is 0.0116. The van der Waals surface area contributed by atoms with E-state index < -0.39 is 4.92 Å². The SMILES string of the molecule is O=C(Nc1ccc(N2CCOCC2)c(Cl)c1)c1ccc(Oc2ccc([N+](=O)[O-])cc2)cc1. The Bertz CT molecular complexity index is 1110. The molecule has 1 saturated heterocycles. The molecule has 1 aliphatic heterocycles. The van der Waals surface area contributed by atoms with Crippen molar-refractivity contribution in [3.05, 3.63) is 87.4 Å². The molecule has 1 fully saturated rings. The van der Waals surface area contributed by atoms with E-state index in [1.54, 1.807) is 30.3 Å². The number of halogens is 1. The van der Waals surface area contributed by atoms with Crippen molar-refractivity contribution in [1.82, 2.24) is 0 Å². The highest BCUT2D eigenvalue weighted by Crippen LogP contribution is 2.30. The lowest BCUT2D eigenvalue weighted by Gasteiger charge is -2.29. The highest BCUT2D eigenvalue weighted by molar-refractivity contribution is 6.33. The third-order valence-corrected chi connectivity index (χ3v) is 5.26. The summed E-state index contributed by atoms with van der Waals surface area (Å²) in [4.78, 5) is 25.0. The number of ether oxygens (including phenoxy) is 2. The molecule has 0 atom stereocenters. The number of non-ortho nitro benzene ring substituents is 1. The number of carbonyl (C=O) groups excluding carboxylic acids is 1. The molecule has 1 amide bonds. The second-order valence-corrected chi connectivity index (χ2v) is 7.50. The van der Waals surface area contributed by atoms with Crippen LogP contribution in [0.4, 0.5) is 17.1 Å². The monoisotopic (exact) mass is 453 g/mol. The smallest absolute Gasteiger partial charge is 0.269 e. The number of morpholine rings is 1. The van der Waals surface area contributed by atoms with Crippen LogP contribution in [0.1, 0.15) is 10.4 Å². The maximum absolute atomic E-state index is 12.6. The van der Waals surface area contributed by atoms with Crippen LogP contribution in [-0.2, 0) is 4.74 Å². The third kappa shape index (κ3) is 5.16. The topological polar surface area (TPSA) is 93.9 Å². The van der Waals surface area contributed by atoms with E-state index >= 15 is 0 Å². The number of anilines is 2. The van der Waals surface area contributed by atoms with E-state index in [9.17, 15) is 14.9 Å². The lowest BCUT2D eigenvalue weighted by atomic mass is 10.2. The predicted molar refractivity (Wildman–Crippen MR) is 122 cm³/mol. The van der Waals surface area contributed by atoms with Gasteiger partial charge in [0.1, 0.15) is 11.5 Å². The van der Waals surface area contributed by atoms with Gasteiger partial charge in [0, 0.05) is 36.5 Å². The van der Waals surface area contributed by atoms with Crippen LogP contribution in [0.5, 0.6) is 11.5 Å². The van der Waals surface area contributed by atoms with Crippen LogP contribution in [0.25, 0.3) is 0 Å². The Morgan fingerprint density at radius 1 is 1.00 bits per heavy atom. The molecule has 3 aromatic rings. The number of nitrogens with zero attached hydrogens (tertiary/aromatic N) is 2. The van der Waals surface area contributed by atoms with Crippen LogP contribution in [-0.4, -0.2) is 37.1 Å². The first-order chi connectivity index (χ1) is 15.5. The number of carbonyl (C=O) groups is 1. The van der Waals surface area contributed by atoms with Crippen molar-refractivity contribution in [2.45, 2.75) is 0 Å². The van der Waals surface area contributed by atoms with Crippen LogP contribution < -0.4 is 15.0 Å². The molecule has 0 radical (unpaired) electrons. The molecule has 164 valence electrons. The lowest BCUT2D eigenvalue weighted by Crippen LogP contribution is -2.36. The van der Waals surface area contributed by atoms with E-state index in [0.717, 1.165) is 18.8 Å². The lowest BCUT2D eigenvalue weighted by molar-refractivity contribution is -0.384. The molecule has 8 nitrogen and oxygen atoms in total. The maximum Gasteiger partial charge on any atom is 0.269 e. The molecule has 0 bridgehead atoms. The number of nitro benzene ring substituents is 1. The highest BCUT2D eigenvalue weighted by Gasteiger charge is 2.15. The van der Waals surface area contributed by atoms with E-state index in [1.807, 2.05) is 12.1 Å². The second kappa shape index (κ2) is 9.67. The third-order valence-electron chi connectivity index (χ3n) is 4.96. The van der Waals surface area contributed by atoms with Crippen LogP contribution in [0, 0.1) is 10.1 Å². The van der Waals surface area contributed by atoms with Gasteiger partial charge >= 0.3 is 0 Å². The number of hydrogen-bond acceptors (Lipinski definition) is 6. The number of hydrogen-bond donors (Lipinski definition) is 1. The molecule has 0 spiro atoms. The summed E-state index contributed by atoms with van der Waals surface area (Å²) in [6.07, 6.45) is 0. The molecule has 0 saturated carbocycles. The minimum Gasteiger partial charge on any atom is -0.457 e. The van der Waals surface area contributed by atoms with Crippen molar-refractivity contribution < 1.29 is 19.2 Å². The van der Waals surface area contributed by atoms with Gasteiger partial charge in [0.05, 0.1) is 28.8 Å². The molecular formula is C23H20ClN3O5.